The molecule has 0 atom stereocenters. The van der Waals surface area contributed by atoms with Crippen molar-refractivity contribution in [1.29, 1.82) is 0 Å². The number of nitrogens with one attached hydrogen (secondary N) is 1. The standard InChI is InChI=1S/C24H20Cl2N4O2S/c1-2-13-30-21(14-32-20-12-5-8-16-7-3-4-9-17(16)20)28-29-24(30)33-15-22(31)27-23-18(25)10-6-11-19(23)26/h2-12H,1,13-15H2,(H,27,31). The molecule has 1 N–H and O–H groups in total. The highest BCUT2D eigenvalue weighted by Gasteiger charge is 2.16. The van der Waals surface area contributed by atoms with Crippen LogP contribution in [0.4, 0.5) is 5.69 Å². The molecule has 4 aromatic rings. The number of ether oxygens (including phenoxy) is 1. The average Bonchev–Trinajstić information content (AvgIpc) is 3.20. The molecule has 0 aliphatic heterocycles. The molecule has 3 aromatic carbocycles. The number of hydrogen-bond acceptors (Lipinski definition) is 5. The summed E-state index contributed by atoms with van der Waals surface area (Å²) in [7, 11) is 0. The van der Waals surface area contributed by atoms with Gasteiger partial charge in [0.25, 0.3) is 0 Å². The Balaban J connectivity index is 1.44. The normalized spacial score (nSPS) is 10.8. The Kier molecular flexibility index (Phi) is 7.54. The molecule has 0 saturated carbocycles. The largest absolute Gasteiger partial charge is 0.485 e. The number of carbonyl (C=O) groups excluding carboxylic acids is 1. The Labute approximate surface area is 205 Å². The monoisotopic (exact) mass is 498 g/mol. The van der Waals surface area contributed by atoms with Gasteiger partial charge in [-0.25, -0.2) is 0 Å². The fourth-order valence-corrected chi connectivity index (χ4v) is 4.49. The molecule has 0 unspecified atom stereocenters. The number of thioether (sulfide) groups is 1. The van der Waals surface area contributed by atoms with Gasteiger partial charge in [-0.15, -0.1) is 16.8 Å². The second-order valence-corrected chi connectivity index (χ2v) is 8.75. The van der Waals surface area contributed by atoms with Crippen molar-refractivity contribution in [2.45, 2.75) is 18.3 Å². The van der Waals surface area contributed by atoms with Crippen molar-refractivity contribution in [3.05, 3.63) is 89.2 Å². The van der Waals surface area contributed by atoms with Crippen LogP contribution >= 0.6 is 35.0 Å². The number of allylic oxidation sites excluding steroid dienone is 1. The minimum Gasteiger partial charge on any atom is -0.485 e. The first-order valence-electron chi connectivity index (χ1n) is 10.1. The van der Waals surface area contributed by atoms with Gasteiger partial charge in [0.15, 0.2) is 11.0 Å². The van der Waals surface area contributed by atoms with Crippen LogP contribution in [0.1, 0.15) is 5.82 Å². The molecule has 33 heavy (non-hydrogen) atoms. The Bertz CT molecular complexity index is 1280. The highest BCUT2D eigenvalue weighted by atomic mass is 35.5. The van der Waals surface area contributed by atoms with Gasteiger partial charge in [-0.05, 0) is 23.6 Å². The summed E-state index contributed by atoms with van der Waals surface area (Å²) >= 11 is 13.5. The van der Waals surface area contributed by atoms with Gasteiger partial charge in [0.1, 0.15) is 12.4 Å². The summed E-state index contributed by atoms with van der Waals surface area (Å²) in [4.78, 5) is 12.4. The van der Waals surface area contributed by atoms with E-state index < -0.39 is 0 Å². The molecule has 1 heterocycles. The third-order valence-corrected chi connectivity index (χ3v) is 6.37. The van der Waals surface area contributed by atoms with Crippen LogP contribution in [-0.2, 0) is 17.9 Å². The van der Waals surface area contributed by atoms with E-state index in [1.54, 1.807) is 24.3 Å². The number of aromatic nitrogens is 3. The van der Waals surface area contributed by atoms with Crippen LogP contribution in [0, 0.1) is 0 Å². The molecular weight excluding hydrogens is 479 g/mol. The zero-order valence-electron chi connectivity index (χ0n) is 17.5. The molecule has 6 nitrogen and oxygen atoms in total. The number of rotatable bonds is 9. The quantitative estimate of drug-likeness (QED) is 0.218. The SMILES string of the molecule is C=CCn1c(COc2cccc3ccccc23)nnc1SCC(=O)Nc1c(Cl)cccc1Cl. The molecule has 4 rings (SSSR count). The maximum absolute atomic E-state index is 12.4. The molecule has 0 radical (unpaired) electrons. The summed E-state index contributed by atoms with van der Waals surface area (Å²) in [6.07, 6.45) is 1.75. The number of hydrogen-bond donors (Lipinski definition) is 1. The summed E-state index contributed by atoms with van der Waals surface area (Å²) in [5, 5.41) is 14.7. The lowest BCUT2D eigenvalue weighted by atomic mass is 10.1. The minimum atomic E-state index is -0.253. The molecule has 0 aliphatic rings. The second-order valence-electron chi connectivity index (χ2n) is 7.00. The highest BCUT2D eigenvalue weighted by Crippen LogP contribution is 2.30. The molecule has 0 aliphatic carbocycles. The predicted molar refractivity (Wildman–Crippen MR) is 134 cm³/mol. The van der Waals surface area contributed by atoms with E-state index >= 15 is 0 Å². The number of nitrogens with zero attached hydrogens (tertiary/aromatic N) is 3. The first-order valence-corrected chi connectivity index (χ1v) is 11.8. The van der Waals surface area contributed by atoms with Crippen LogP contribution in [0.3, 0.4) is 0 Å². The Hall–Kier alpha value is -3.00. The van der Waals surface area contributed by atoms with Gasteiger partial charge < -0.3 is 10.1 Å². The summed E-state index contributed by atoms with van der Waals surface area (Å²) < 4.78 is 7.93. The van der Waals surface area contributed by atoms with E-state index in [0.29, 0.717) is 33.3 Å². The molecule has 1 amide bonds. The van der Waals surface area contributed by atoms with Crippen LogP contribution in [0.15, 0.2) is 78.5 Å². The number of halogens is 2. The predicted octanol–water partition coefficient (Wildman–Crippen LogP) is 6.23. The fourth-order valence-electron chi connectivity index (χ4n) is 3.23. The van der Waals surface area contributed by atoms with Crippen molar-refractivity contribution >= 4 is 57.3 Å². The van der Waals surface area contributed by atoms with Crippen LogP contribution < -0.4 is 10.1 Å². The zero-order chi connectivity index (χ0) is 23.2. The smallest absolute Gasteiger partial charge is 0.234 e. The molecule has 168 valence electrons. The lowest BCUT2D eigenvalue weighted by Crippen LogP contribution is -2.15. The second kappa shape index (κ2) is 10.7. The number of benzene rings is 3. The van der Waals surface area contributed by atoms with E-state index in [0.717, 1.165) is 16.5 Å². The van der Waals surface area contributed by atoms with Crippen LogP contribution in [0.2, 0.25) is 10.0 Å². The summed E-state index contributed by atoms with van der Waals surface area (Å²) in [5.74, 6) is 1.27. The highest BCUT2D eigenvalue weighted by molar-refractivity contribution is 7.99. The fraction of sp³-hybridized carbons (Fsp3) is 0.125. The van der Waals surface area contributed by atoms with Gasteiger partial charge in [0.2, 0.25) is 5.91 Å². The van der Waals surface area contributed by atoms with Crippen molar-refractivity contribution in [2.75, 3.05) is 11.1 Å². The minimum absolute atomic E-state index is 0.112. The van der Waals surface area contributed by atoms with Gasteiger partial charge in [0, 0.05) is 11.9 Å². The zero-order valence-corrected chi connectivity index (χ0v) is 19.8. The maximum Gasteiger partial charge on any atom is 0.234 e. The molecule has 0 bridgehead atoms. The van der Waals surface area contributed by atoms with Crippen molar-refractivity contribution < 1.29 is 9.53 Å². The Morgan fingerprint density at radius 1 is 1.06 bits per heavy atom. The van der Waals surface area contributed by atoms with Crippen molar-refractivity contribution in [3.63, 3.8) is 0 Å². The van der Waals surface area contributed by atoms with Gasteiger partial charge in [-0.1, -0.05) is 83.5 Å². The number of carbonyl (C=O) groups is 1. The van der Waals surface area contributed by atoms with Crippen LogP contribution in [-0.4, -0.2) is 26.4 Å². The number of fused-ring (bicyclic) bond motifs is 1. The maximum atomic E-state index is 12.4. The van der Waals surface area contributed by atoms with Crippen LogP contribution in [0.5, 0.6) is 5.75 Å². The van der Waals surface area contributed by atoms with E-state index in [2.05, 4.69) is 22.1 Å². The first kappa shape index (κ1) is 23.2. The van der Waals surface area contributed by atoms with Gasteiger partial charge in [-0.3, -0.25) is 9.36 Å². The number of para-hydroxylation sites is 1. The van der Waals surface area contributed by atoms with E-state index in [9.17, 15) is 4.79 Å². The van der Waals surface area contributed by atoms with E-state index in [4.69, 9.17) is 27.9 Å². The van der Waals surface area contributed by atoms with Gasteiger partial charge in [0.05, 0.1) is 21.5 Å². The van der Waals surface area contributed by atoms with E-state index in [-0.39, 0.29) is 18.3 Å². The lowest BCUT2D eigenvalue weighted by Gasteiger charge is -2.11. The summed E-state index contributed by atoms with van der Waals surface area (Å²) in [5.41, 5.74) is 0.392. The van der Waals surface area contributed by atoms with Crippen molar-refractivity contribution in [2.24, 2.45) is 0 Å². The number of amides is 1. The lowest BCUT2D eigenvalue weighted by molar-refractivity contribution is -0.113. The summed E-state index contributed by atoms with van der Waals surface area (Å²) in [6, 6.07) is 19.0. The van der Waals surface area contributed by atoms with Crippen LogP contribution in [0.25, 0.3) is 10.8 Å². The van der Waals surface area contributed by atoms with E-state index in [1.165, 1.54) is 11.8 Å². The molecule has 0 spiro atoms. The topological polar surface area (TPSA) is 69.0 Å². The van der Waals surface area contributed by atoms with Gasteiger partial charge in [-0.2, -0.15) is 0 Å². The molecule has 9 heteroatoms. The average molecular weight is 499 g/mol. The van der Waals surface area contributed by atoms with Gasteiger partial charge >= 0.3 is 0 Å². The first-order chi connectivity index (χ1) is 16.1. The van der Waals surface area contributed by atoms with Crippen molar-refractivity contribution in [1.82, 2.24) is 14.8 Å². The van der Waals surface area contributed by atoms with E-state index in [1.807, 2.05) is 47.0 Å². The van der Waals surface area contributed by atoms with Crippen molar-refractivity contribution in [3.8, 4) is 5.75 Å². The third kappa shape index (κ3) is 5.50. The molecule has 1 aromatic heterocycles. The molecule has 0 saturated heterocycles. The Morgan fingerprint density at radius 3 is 2.58 bits per heavy atom. The molecule has 0 fully saturated rings. The third-order valence-electron chi connectivity index (χ3n) is 4.77. The number of anilines is 1. The summed E-state index contributed by atoms with van der Waals surface area (Å²) in [6.45, 7) is 4.53. The Morgan fingerprint density at radius 2 is 1.79 bits per heavy atom. The molecular formula is C24H20Cl2N4O2S.